The Morgan fingerprint density at radius 1 is 1.26 bits per heavy atom. The average molecular weight is 378 g/mol. The molecule has 0 spiro atoms. The maximum absolute atomic E-state index is 12.0. The van der Waals surface area contributed by atoms with Crippen LogP contribution in [0.2, 0.25) is 0 Å². The van der Waals surface area contributed by atoms with Crippen LogP contribution in [0.4, 0.5) is 0 Å². The Morgan fingerprint density at radius 2 is 2.07 bits per heavy atom. The highest BCUT2D eigenvalue weighted by atomic mass is 16.5. The van der Waals surface area contributed by atoms with Crippen molar-refractivity contribution in [3.63, 3.8) is 0 Å². The van der Waals surface area contributed by atoms with Gasteiger partial charge in [0, 0.05) is 33.4 Å². The highest BCUT2D eigenvalue weighted by molar-refractivity contribution is 5.86. The first-order valence-corrected chi connectivity index (χ1v) is 9.24. The number of hydrogen-bond acceptors (Lipinski definition) is 5. The summed E-state index contributed by atoms with van der Waals surface area (Å²) < 4.78 is 16.1. The van der Waals surface area contributed by atoms with Crippen LogP contribution in [-0.2, 0) is 20.8 Å². The fourth-order valence-corrected chi connectivity index (χ4v) is 2.56. The standard InChI is InChI=1S/C19H30N4O4/c1-20-19(21-9-3-10-27-17-8-11-26-14-17)23-13-18(24)22-12-15-4-6-16(25-2)7-5-15/h4-7,17H,3,8-14H2,1-2H3,(H,22,24)(H2,20,21,23). The predicted octanol–water partition coefficient (Wildman–Crippen LogP) is 0.672. The lowest BCUT2D eigenvalue weighted by Gasteiger charge is -2.13. The third kappa shape index (κ3) is 8.27. The molecule has 1 atom stereocenters. The molecule has 27 heavy (non-hydrogen) atoms. The highest BCUT2D eigenvalue weighted by Gasteiger charge is 2.15. The number of amides is 1. The number of nitrogens with one attached hydrogen (secondary N) is 3. The molecule has 0 radical (unpaired) electrons. The van der Waals surface area contributed by atoms with Gasteiger partial charge in [-0.15, -0.1) is 0 Å². The highest BCUT2D eigenvalue weighted by Crippen LogP contribution is 2.10. The Bertz CT molecular complexity index is 586. The molecular formula is C19H30N4O4. The van der Waals surface area contributed by atoms with E-state index in [0.717, 1.165) is 37.3 Å². The normalized spacial score (nSPS) is 16.8. The van der Waals surface area contributed by atoms with Crippen LogP contribution in [0.15, 0.2) is 29.3 Å². The van der Waals surface area contributed by atoms with Crippen LogP contribution in [0.3, 0.4) is 0 Å². The summed E-state index contributed by atoms with van der Waals surface area (Å²) >= 11 is 0. The number of ether oxygens (including phenoxy) is 3. The Kier molecular flexibility index (Phi) is 9.43. The first-order chi connectivity index (χ1) is 13.2. The van der Waals surface area contributed by atoms with Gasteiger partial charge < -0.3 is 30.2 Å². The summed E-state index contributed by atoms with van der Waals surface area (Å²) in [5, 5.41) is 9.04. The Labute approximate surface area is 160 Å². The van der Waals surface area contributed by atoms with Crippen LogP contribution in [0.5, 0.6) is 5.75 Å². The minimum atomic E-state index is -0.0988. The number of rotatable bonds is 10. The molecule has 0 bridgehead atoms. The topological polar surface area (TPSA) is 93.2 Å². The van der Waals surface area contributed by atoms with Gasteiger partial charge in [0.25, 0.3) is 0 Å². The van der Waals surface area contributed by atoms with E-state index in [-0.39, 0.29) is 18.6 Å². The zero-order chi connectivity index (χ0) is 19.3. The molecule has 1 saturated heterocycles. The molecule has 2 rings (SSSR count). The number of hydrogen-bond donors (Lipinski definition) is 3. The van der Waals surface area contributed by atoms with Crippen molar-refractivity contribution in [3.8, 4) is 5.75 Å². The molecule has 0 aromatic heterocycles. The predicted molar refractivity (Wildman–Crippen MR) is 104 cm³/mol. The van der Waals surface area contributed by atoms with Crippen LogP contribution >= 0.6 is 0 Å². The minimum absolute atomic E-state index is 0.0988. The Hall–Kier alpha value is -2.32. The second-order valence-electron chi connectivity index (χ2n) is 6.19. The monoisotopic (exact) mass is 378 g/mol. The molecule has 8 nitrogen and oxygen atoms in total. The Balaban J connectivity index is 1.55. The maximum atomic E-state index is 12.0. The number of methoxy groups -OCH3 is 1. The molecule has 1 fully saturated rings. The number of carbonyl (C=O) groups excluding carboxylic acids is 1. The summed E-state index contributed by atoms with van der Waals surface area (Å²) in [7, 11) is 3.30. The van der Waals surface area contributed by atoms with Crippen molar-refractivity contribution in [1.29, 1.82) is 0 Å². The van der Waals surface area contributed by atoms with E-state index in [4.69, 9.17) is 14.2 Å². The summed E-state index contributed by atoms with van der Waals surface area (Å²) in [4.78, 5) is 16.1. The summed E-state index contributed by atoms with van der Waals surface area (Å²) in [5.41, 5.74) is 1.01. The number of carbonyl (C=O) groups is 1. The molecule has 150 valence electrons. The van der Waals surface area contributed by atoms with Gasteiger partial charge >= 0.3 is 0 Å². The molecule has 8 heteroatoms. The van der Waals surface area contributed by atoms with Crippen molar-refractivity contribution < 1.29 is 19.0 Å². The smallest absolute Gasteiger partial charge is 0.239 e. The fourth-order valence-electron chi connectivity index (χ4n) is 2.56. The van der Waals surface area contributed by atoms with Gasteiger partial charge in [-0.25, -0.2) is 0 Å². The summed E-state index contributed by atoms with van der Waals surface area (Å²) in [5.74, 6) is 1.29. The SMILES string of the molecule is CN=C(NCCCOC1CCOC1)NCC(=O)NCc1ccc(OC)cc1. The second-order valence-corrected chi connectivity index (χ2v) is 6.19. The number of benzene rings is 1. The lowest BCUT2D eigenvalue weighted by molar-refractivity contribution is -0.120. The first-order valence-electron chi connectivity index (χ1n) is 9.24. The van der Waals surface area contributed by atoms with Crippen molar-refractivity contribution in [2.75, 3.05) is 47.1 Å². The molecule has 1 aliphatic heterocycles. The van der Waals surface area contributed by atoms with Gasteiger partial charge in [-0.1, -0.05) is 12.1 Å². The van der Waals surface area contributed by atoms with Crippen molar-refractivity contribution in [2.45, 2.75) is 25.5 Å². The molecule has 1 unspecified atom stereocenters. The van der Waals surface area contributed by atoms with Gasteiger partial charge in [-0.2, -0.15) is 0 Å². The lowest BCUT2D eigenvalue weighted by atomic mass is 10.2. The van der Waals surface area contributed by atoms with Gasteiger partial charge in [0.1, 0.15) is 5.75 Å². The van der Waals surface area contributed by atoms with Crippen molar-refractivity contribution in [3.05, 3.63) is 29.8 Å². The summed E-state index contributed by atoms with van der Waals surface area (Å²) in [6.45, 7) is 3.52. The molecule has 0 aliphatic carbocycles. The van der Waals surface area contributed by atoms with E-state index >= 15 is 0 Å². The van der Waals surface area contributed by atoms with Crippen LogP contribution in [0.25, 0.3) is 0 Å². The van der Waals surface area contributed by atoms with Crippen molar-refractivity contribution in [2.24, 2.45) is 4.99 Å². The van der Waals surface area contributed by atoms with Crippen LogP contribution in [-0.4, -0.2) is 65.0 Å². The van der Waals surface area contributed by atoms with Gasteiger partial charge in [0.2, 0.25) is 5.91 Å². The van der Waals surface area contributed by atoms with E-state index in [1.807, 2.05) is 24.3 Å². The number of nitrogens with zero attached hydrogens (tertiary/aromatic N) is 1. The van der Waals surface area contributed by atoms with Crippen LogP contribution in [0.1, 0.15) is 18.4 Å². The minimum Gasteiger partial charge on any atom is -0.497 e. The molecule has 1 heterocycles. The van der Waals surface area contributed by atoms with E-state index in [9.17, 15) is 4.79 Å². The molecule has 1 aromatic carbocycles. The molecule has 3 N–H and O–H groups in total. The van der Waals surface area contributed by atoms with Gasteiger partial charge in [-0.3, -0.25) is 9.79 Å². The van der Waals surface area contributed by atoms with Gasteiger partial charge in [-0.05, 0) is 30.5 Å². The van der Waals surface area contributed by atoms with Gasteiger partial charge in [0.05, 0.1) is 26.4 Å². The summed E-state index contributed by atoms with van der Waals surface area (Å²) in [6.07, 6.45) is 2.07. The number of aliphatic imine (C=N–C) groups is 1. The van der Waals surface area contributed by atoms with E-state index < -0.39 is 0 Å². The van der Waals surface area contributed by atoms with E-state index in [0.29, 0.717) is 25.7 Å². The maximum Gasteiger partial charge on any atom is 0.239 e. The van der Waals surface area contributed by atoms with Crippen molar-refractivity contribution >= 4 is 11.9 Å². The third-order valence-corrected chi connectivity index (χ3v) is 4.14. The van der Waals surface area contributed by atoms with E-state index in [1.165, 1.54) is 0 Å². The zero-order valence-corrected chi connectivity index (χ0v) is 16.1. The molecule has 1 amide bonds. The largest absolute Gasteiger partial charge is 0.497 e. The number of guanidine groups is 1. The Morgan fingerprint density at radius 3 is 2.74 bits per heavy atom. The molecule has 0 saturated carbocycles. The first kappa shape index (κ1) is 21.0. The van der Waals surface area contributed by atoms with E-state index in [1.54, 1.807) is 14.2 Å². The molecule has 1 aliphatic rings. The third-order valence-electron chi connectivity index (χ3n) is 4.14. The van der Waals surface area contributed by atoms with Gasteiger partial charge in [0.15, 0.2) is 5.96 Å². The zero-order valence-electron chi connectivity index (χ0n) is 16.1. The average Bonchev–Trinajstić information content (AvgIpc) is 3.22. The molecule has 1 aromatic rings. The molecular weight excluding hydrogens is 348 g/mol. The van der Waals surface area contributed by atoms with E-state index in [2.05, 4.69) is 20.9 Å². The van der Waals surface area contributed by atoms with Crippen molar-refractivity contribution in [1.82, 2.24) is 16.0 Å². The van der Waals surface area contributed by atoms with Crippen LogP contribution < -0.4 is 20.7 Å². The van der Waals surface area contributed by atoms with Crippen LogP contribution in [0, 0.1) is 0 Å². The second kappa shape index (κ2) is 12.1. The quantitative estimate of drug-likeness (QED) is 0.315. The lowest BCUT2D eigenvalue weighted by Crippen LogP contribution is -2.43. The fraction of sp³-hybridized carbons (Fsp3) is 0.579. The summed E-state index contributed by atoms with van der Waals surface area (Å²) in [6, 6.07) is 7.59.